The highest BCUT2D eigenvalue weighted by Gasteiger charge is 2.20. The number of carboxylic acid groups (broad SMARTS) is 1. The summed E-state index contributed by atoms with van der Waals surface area (Å²) in [7, 11) is 0. The van der Waals surface area contributed by atoms with Gasteiger partial charge >= 0.3 is 5.97 Å². The number of phenolic OH excluding ortho intramolecular Hbond substituents is 1. The van der Waals surface area contributed by atoms with E-state index in [0.717, 1.165) is 16.4 Å². The van der Waals surface area contributed by atoms with Crippen LogP contribution in [0.1, 0.15) is 10.4 Å². The number of aromatic nitrogens is 1. The van der Waals surface area contributed by atoms with Gasteiger partial charge in [-0.2, -0.15) is 0 Å². The Bertz CT molecular complexity index is 1090. The van der Waals surface area contributed by atoms with Gasteiger partial charge in [-0.25, -0.2) is 18.3 Å². The zero-order valence-corrected chi connectivity index (χ0v) is 15.6. The van der Waals surface area contributed by atoms with Gasteiger partial charge in [-0.1, -0.05) is 23.7 Å². The van der Waals surface area contributed by atoms with Crippen LogP contribution < -0.4 is 4.31 Å². The molecule has 0 saturated carbocycles. The van der Waals surface area contributed by atoms with Gasteiger partial charge in [0.2, 0.25) is 0 Å². The number of rotatable bonds is 5. The second-order valence-electron chi connectivity index (χ2n) is 5.61. The van der Waals surface area contributed by atoms with Gasteiger partial charge in [0.05, 0.1) is 17.6 Å². The highest BCUT2D eigenvalue weighted by Crippen LogP contribution is 2.36. The van der Waals surface area contributed by atoms with E-state index in [1.165, 1.54) is 30.5 Å². The van der Waals surface area contributed by atoms with Crippen LogP contribution >= 0.6 is 11.6 Å². The Balaban J connectivity index is 2.11. The Morgan fingerprint density at radius 3 is 2.43 bits per heavy atom. The van der Waals surface area contributed by atoms with Crippen molar-refractivity contribution in [1.29, 1.82) is 0 Å². The SMILES string of the molecule is O=C(O)c1ccc(N(c2cnc(Cl)c(-c3cccc(O)c3)c2)S(=O)O)cc1O. The van der Waals surface area contributed by atoms with Gasteiger partial charge in [-0.15, -0.1) is 0 Å². The van der Waals surface area contributed by atoms with Crippen LogP contribution in [0.25, 0.3) is 11.1 Å². The molecule has 0 aliphatic rings. The molecule has 0 aliphatic carbocycles. The van der Waals surface area contributed by atoms with E-state index >= 15 is 0 Å². The number of aromatic hydroxyl groups is 2. The highest BCUT2D eigenvalue weighted by molar-refractivity contribution is 7.81. The van der Waals surface area contributed by atoms with Gasteiger partial charge in [0.15, 0.2) is 0 Å². The lowest BCUT2D eigenvalue weighted by atomic mass is 10.1. The van der Waals surface area contributed by atoms with Gasteiger partial charge in [-0.3, -0.25) is 4.55 Å². The third kappa shape index (κ3) is 3.91. The van der Waals surface area contributed by atoms with E-state index < -0.39 is 23.0 Å². The lowest BCUT2D eigenvalue weighted by Crippen LogP contribution is -2.19. The number of hydrogen-bond acceptors (Lipinski definition) is 5. The second kappa shape index (κ2) is 7.85. The molecule has 1 heterocycles. The van der Waals surface area contributed by atoms with Crippen molar-refractivity contribution in [2.75, 3.05) is 4.31 Å². The summed E-state index contributed by atoms with van der Waals surface area (Å²) >= 11 is 3.58. The summed E-state index contributed by atoms with van der Waals surface area (Å²) in [6.07, 6.45) is 1.25. The Labute approximate surface area is 166 Å². The van der Waals surface area contributed by atoms with Gasteiger partial charge in [0, 0.05) is 11.6 Å². The van der Waals surface area contributed by atoms with Crippen LogP contribution in [0, 0.1) is 0 Å². The molecule has 4 N–H and O–H groups in total. The second-order valence-corrected chi connectivity index (χ2v) is 6.80. The molecule has 1 atom stereocenters. The summed E-state index contributed by atoms with van der Waals surface area (Å²) in [4.78, 5) is 15.1. The molecule has 1 unspecified atom stereocenters. The topological polar surface area (TPSA) is 131 Å². The zero-order valence-electron chi connectivity index (χ0n) is 14.0. The zero-order chi connectivity index (χ0) is 20.4. The number of carboxylic acids is 1. The average Bonchev–Trinajstić information content (AvgIpc) is 2.62. The monoisotopic (exact) mass is 420 g/mol. The van der Waals surface area contributed by atoms with Crippen LogP contribution in [0.3, 0.4) is 0 Å². The normalized spacial score (nSPS) is 11.8. The lowest BCUT2D eigenvalue weighted by molar-refractivity contribution is 0.0693. The van der Waals surface area contributed by atoms with Gasteiger partial charge < -0.3 is 15.3 Å². The van der Waals surface area contributed by atoms with Crippen molar-refractivity contribution in [1.82, 2.24) is 4.98 Å². The summed E-state index contributed by atoms with van der Waals surface area (Å²) in [6.45, 7) is 0. The molecular formula is C18H13ClN2O6S. The third-order valence-electron chi connectivity index (χ3n) is 3.82. The number of carbonyl (C=O) groups is 1. The molecule has 0 spiro atoms. The van der Waals surface area contributed by atoms with E-state index in [4.69, 9.17) is 16.7 Å². The average molecular weight is 421 g/mol. The van der Waals surface area contributed by atoms with Crippen molar-refractivity contribution in [3.8, 4) is 22.6 Å². The van der Waals surface area contributed by atoms with E-state index in [0.29, 0.717) is 11.1 Å². The van der Waals surface area contributed by atoms with Gasteiger partial charge in [0.25, 0.3) is 11.3 Å². The molecule has 0 fully saturated rings. The van der Waals surface area contributed by atoms with E-state index in [1.807, 2.05) is 0 Å². The van der Waals surface area contributed by atoms with Crippen LogP contribution in [0.2, 0.25) is 5.15 Å². The first-order valence-electron chi connectivity index (χ1n) is 7.70. The first-order chi connectivity index (χ1) is 13.3. The summed E-state index contributed by atoms with van der Waals surface area (Å²) in [5.74, 6) is -1.88. The van der Waals surface area contributed by atoms with Gasteiger partial charge in [-0.05, 0) is 35.9 Å². The van der Waals surface area contributed by atoms with Crippen molar-refractivity contribution >= 4 is 40.2 Å². The van der Waals surface area contributed by atoms with Crippen LogP contribution in [0.5, 0.6) is 11.5 Å². The minimum absolute atomic E-state index is 0.00995. The fraction of sp³-hybridized carbons (Fsp3) is 0. The largest absolute Gasteiger partial charge is 0.508 e. The maximum atomic E-state index is 12.0. The Hall–Kier alpha value is -3.14. The maximum absolute atomic E-state index is 12.0. The third-order valence-corrected chi connectivity index (χ3v) is 4.85. The van der Waals surface area contributed by atoms with Crippen LogP contribution in [-0.4, -0.2) is 35.0 Å². The predicted octanol–water partition coefficient (Wildman–Crippen LogP) is 3.79. The summed E-state index contributed by atoms with van der Waals surface area (Å²) < 4.78 is 22.6. The summed E-state index contributed by atoms with van der Waals surface area (Å²) in [5, 5.41) is 28.7. The minimum atomic E-state index is -2.56. The fourth-order valence-electron chi connectivity index (χ4n) is 2.58. The number of halogens is 1. The van der Waals surface area contributed by atoms with Crippen LogP contribution in [0.4, 0.5) is 11.4 Å². The van der Waals surface area contributed by atoms with Crippen molar-refractivity contribution < 1.29 is 28.9 Å². The number of phenols is 2. The van der Waals surface area contributed by atoms with E-state index in [1.54, 1.807) is 12.1 Å². The maximum Gasteiger partial charge on any atom is 0.339 e. The highest BCUT2D eigenvalue weighted by atomic mass is 35.5. The van der Waals surface area contributed by atoms with E-state index in [-0.39, 0.29) is 27.8 Å². The van der Waals surface area contributed by atoms with Crippen molar-refractivity contribution in [3.63, 3.8) is 0 Å². The standard InChI is InChI=1S/C18H13ClN2O6S/c19-17-15(10-2-1-3-13(22)6-10)7-12(9-20-17)21(28(26)27)11-4-5-14(18(24)25)16(23)8-11/h1-9,22-23H,(H,24,25)(H,26,27). The fourth-order valence-corrected chi connectivity index (χ4v) is 3.37. The molecule has 28 heavy (non-hydrogen) atoms. The van der Waals surface area contributed by atoms with Gasteiger partial charge in [0.1, 0.15) is 22.2 Å². The Kier molecular flexibility index (Phi) is 5.50. The smallest absolute Gasteiger partial charge is 0.339 e. The summed E-state index contributed by atoms with van der Waals surface area (Å²) in [6, 6.07) is 11.2. The first kappa shape index (κ1) is 19.6. The molecular weight excluding hydrogens is 408 g/mol. The van der Waals surface area contributed by atoms with Crippen LogP contribution in [0.15, 0.2) is 54.7 Å². The number of anilines is 2. The number of benzene rings is 2. The summed E-state index contributed by atoms with van der Waals surface area (Å²) in [5.41, 5.74) is 0.812. The number of aromatic carboxylic acids is 1. The molecule has 10 heteroatoms. The molecule has 1 aromatic heterocycles. The molecule has 3 rings (SSSR count). The molecule has 0 saturated heterocycles. The van der Waals surface area contributed by atoms with Crippen LogP contribution in [-0.2, 0) is 11.3 Å². The Morgan fingerprint density at radius 1 is 1.07 bits per heavy atom. The molecule has 0 amide bonds. The molecule has 8 nitrogen and oxygen atoms in total. The van der Waals surface area contributed by atoms with Crippen molar-refractivity contribution in [2.45, 2.75) is 0 Å². The van der Waals surface area contributed by atoms with E-state index in [9.17, 15) is 23.8 Å². The Morgan fingerprint density at radius 2 is 1.82 bits per heavy atom. The van der Waals surface area contributed by atoms with Crippen molar-refractivity contribution in [3.05, 3.63) is 65.4 Å². The number of pyridine rings is 1. The molecule has 144 valence electrons. The predicted molar refractivity (Wildman–Crippen MR) is 104 cm³/mol. The first-order valence-corrected chi connectivity index (χ1v) is 9.14. The quantitative estimate of drug-likeness (QED) is 0.364. The number of hydrogen-bond donors (Lipinski definition) is 4. The van der Waals surface area contributed by atoms with Crippen molar-refractivity contribution in [2.24, 2.45) is 0 Å². The molecule has 0 bridgehead atoms. The molecule has 0 aliphatic heterocycles. The molecule has 3 aromatic rings. The molecule has 0 radical (unpaired) electrons. The lowest BCUT2D eigenvalue weighted by Gasteiger charge is -2.21. The molecule has 2 aromatic carbocycles. The minimum Gasteiger partial charge on any atom is -0.508 e. The van der Waals surface area contributed by atoms with E-state index in [2.05, 4.69) is 4.98 Å². The number of nitrogens with zero attached hydrogens (tertiary/aromatic N) is 2.